The monoisotopic (exact) mass is 509 g/mol. The van der Waals surface area contributed by atoms with E-state index in [-0.39, 0.29) is 41.0 Å². The standard InChI is InChI=1S/C26H28ClN5O4/c1-15-11-17(9-10-36-15)32-22(33)13-26(2,31-25(32)29)19-5-4-6-20(23(19)27)30-24(34)18-12-16(14-28)7-8-21(18)35-3/h4-8,12,15,17H,9-11,13H2,1-3H3,(H2,29,31)(H,30,34)/t15-,17-,26+/m1/s1. The number of methoxy groups -OCH3 is 1. The quantitative estimate of drug-likeness (QED) is 0.630. The predicted octanol–water partition coefficient (Wildman–Crippen LogP) is 3.80. The minimum atomic E-state index is -1.01. The van der Waals surface area contributed by atoms with Crippen molar-refractivity contribution in [3.05, 3.63) is 58.1 Å². The molecule has 1 fully saturated rings. The van der Waals surface area contributed by atoms with Gasteiger partial charge in [0.15, 0.2) is 5.96 Å². The number of benzene rings is 2. The maximum Gasteiger partial charge on any atom is 0.259 e. The van der Waals surface area contributed by atoms with Crippen molar-refractivity contribution >= 4 is 35.1 Å². The van der Waals surface area contributed by atoms with Gasteiger partial charge < -0.3 is 20.5 Å². The second-order valence-electron chi connectivity index (χ2n) is 9.19. The van der Waals surface area contributed by atoms with E-state index < -0.39 is 11.4 Å². The topological polar surface area (TPSA) is 130 Å². The summed E-state index contributed by atoms with van der Waals surface area (Å²) in [5.41, 5.74) is 6.74. The maximum absolute atomic E-state index is 13.3. The molecule has 3 N–H and O–H groups in total. The van der Waals surface area contributed by atoms with E-state index in [1.807, 2.05) is 13.0 Å². The largest absolute Gasteiger partial charge is 0.496 e. The van der Waals surface area contributed by atoms with E-state index in [2.05, 4.69) is 5.32 Å². The van der Waals surface area contributed by atoms with Gasteiger partial charge in [-0.3, -0.25) is 14.5 Å². The molecule has 0 radical (unpaired) electrons. The molecule has 9 nitrogen and oxygen atoms in total. The molecular weight excluding hydrogens is 482 g/mol. The van der Waals surface area contributed by atoms with Gasteiger partial charge in [-0.1, -0.05) is 23.7 Å². The van der Waals surface area contributed by atoms with Gasteiger partial charge in [-0.15, -0.1) is 0 Å². The van der Waals surface area contributed by atoms with Gasteiger partial charge in [-0.05, 0) is 51.0 Å². The fourth-order valence-corrected chi connectivity index (χ4v) is 5.17. The van der Waals surface area contributed by atoms with Crippen LogP contribution in [0.25, 0.3) is 0 Å². The molecule has 1 saturated heterocycles. The van der Waals surface area contributed by atoms with Crippen LogP contribution < -0.4 is 15.8 Å². The number of carbonyl (C=O) groups is 2. The molecule has 0 saturated carbocycles. The molecule has 188 valence electrons. The second-order valence-corrected chi connectivity index (χ2v) is 9.57. The molecule has 0 aromatic heterocycles. The van der Waals surface area contributed by atoms with E-state index in [0.717, 1.165) is 0 Å². The molecule has 4 rings (SSSR count). The zero-order valence-corrected chi connectivity index (χ0v) is 21.1. The van der Waals surface area contributed by atoms with Gasteiger partial charge >= 0.3 is 0 Å². The lowest BCUT2D eigenvalue weighted by molar-refractivity contribution is -0.133. The van der Waals surface area contributed by atoms with E-state index in [9.17, 15) is 14.9 Å². The van der Waals surface area contributed by atoms with Crippen LogP contribution in [0.4, 0.5) is 5.69 Å². The Labute approximate surface area is 214 Å². The Bertz CT molecular complexity index is 1270. The van der Waals surface area contributed by atoms with Crippen molar-refractivity contribution in [1.29, 1.82) is 5.26 Å². The Morgan fingerprint density at radius 1 is 1.39 bits per heavy atom. The van der Waals surface area contributed by atoms with Crippen LogP contribution in [0.1, 0.15) is 54.6 Å². The minimum absolute atomic E-state index is 0.0416. The first-order chi connectivity index (χ1) is 17.2. The summed E-state index contributed by atoms with van der Waals surface area (Å²) < 4.78 is 10.9. The first-order valence-corrected chi connectivity index (χ1v) is 12.0. The van der Waals surface area contributed by atoms with E-state index in [1.54, 1.807) is 42.2 Å². The molecular formula is C26H28ClN5O4. The van der Waals surface area contributed by atoms with Crippen molar-refractivity contribution < 1.29 is 19.1 Å². The lowest BCUT2D eigenvalue weighted by Crippen LogP contribution is -2.56. The number of nitrogens with zero attached hydrogens (tertiary/aromatic N) is 3. The average Bonchev–Trinajstić information content (AvgIpc) is 2.84. The highest BCUT2D eigenvalue weighted by Crippen LogP contribution is 2.41. The molecule has 10 heteroatoms. The van der Waals surface area contributed by atoms with Gasteiger partial charge in [-0.25, -0.2) is 4.99 Å². The summed E-state index contributed by atoms with van der Waals surface area (Å²) in [6, 6.07) is 11.7. The molecule has 2 aliphatic rings. The summed E-state index contributed by atoms with van der Waals surface area (Å²) in [5, 5.41) is 12.2. The zero-order valence-electron chi connectivity index (χ0n) is 20.4. The maximum atomic E-state index is 13.3. The third-order valence-corrected chi connectivity index (χ3v) is 7.00. The number of rotatable bonds is 5. The number of amides is 2. The summed E-state index contributed by atoms with van der Waals surface area (Å²) >= 11 is 6.75. The molecule has 2 amide bonds. The Morgan fingerprint density at radius 3 is 2.83 bits per heavy atom. The number of hydrogen-bond acceptors (Lipinski definition) is 7. The molecule has 2 aromatic rings. The molecule has 36 heavy (non-hydrogen) atoms. The molecule has 2 heterocycles. The molecule has 2 aliphatic heterocycles. The van der Waals surface area contributed by atoms with Crippen molar-refractivity contribution in [2.45, 2.75) is 50.8 Å². The average molecular weight is 510 g/mol. The predicted molar refractivity (Wildman–Crippen MR) is 136 cm³/mol. The lowest BCUT2D eigenvalue weighted by Gasteiger charge is -2.41. The normalized spacial score (nSPS) is 24.0. The van der Waals surface area contributed by atoms with Gasteiger partial charge in [0.05, 0.1) is 53.1 Å². The van der Waals surface area contributed by atoms with Crippen LogP contribution in [-0.2, 0) is 15.1 Å². The summed E-state index contributed by atoms with van der Waals surface area (Å²) in [4.78, 5) is 32.6. The van der Waals surface area contributed by atoms with Crippen LogP contribution >= 0.6 is 11.6 Å². The van der Waals surface area contributed by atoms with E-state index >= 15 is 0 Å². The van der Waals surface area contributed by atoms with E-state index in [4.69, 9.17) is 31.8 Å². The minimum Gasteiger partial charge on any atom is -0.496 e. The number of ether oxygens (including phenoxy) is 2. The lowest BCUT2D eigenvalue weighted by atomic mass is 9.86. The SMILES string of the molecule is COc1ccc(C#N)cc1C(=O)Nc1cccc([C@]2(C)CC(=O)N([C@@H]3CCO[C@H](C)C3)C(N)=N2)c1Cl. The fraction of sp³-hybridized carbons (Fsp3) is 0.385. The number of hydrogen-bond donors (Lipinski definition) is 2. The molecule has 0 spiro atoms. The van der Waals surface area contributed by atoms with Crippen molar-refractivity contribution in [3.8, 4) is 11.8 Å². The van der Waals surface area contributed by atoms with Gasteiger partial charge in [0.2, 0.25) is 5.91 Å². The first kappa shape index (κ1) is 25.5. The number of halogens is 1. The Kier molecular flexibility index (Phi) is 7.20. The number of carbonyl (C=O) groups excluding carboxylic acids is 2. The van der Waals surface area contributed by atoms with E-state index in [1.165, 1.54) is 13.2 Å². The third-order valence-electron chi connectivity index (χ3n) is 6.60. The highest BCUT2D eigenvalue weighted by atomic mass is 35.5. The molecule has 3 atom stereocenters. The van der Waals surface area contributed by atoms with Crippen LogP contribution in [0, 0.1) is 11.3 Å². The van der Waals surface area contributed by atoms with Crippen LogP contribution in [0.5, 0.6) is 5.75 Å². The van der Waals surface area contributed by atoms with Crippen LogP contribution in [0.2, 0.25) is 5.02 Å². The first-order valence-electron chi connectivity index (χ1n) is 11.6. The number of aliphatic imine (C=N–C) groups is 1. The fourth-order valence-electron chi connectivity index (χ4n) is 4.80. The molecule has 0 aliphatic carbocycles. The molecule has 0 unspecified atom stereocenters. The molecule has 2 aromatic carbocycles. The van der Waals surface area contributed by atoms with Crippen molar-refractivity contribution in [2.75, 3.05) is 19.0 Å². The van der Waals surface area contributed by atoms with Gasteiger partial charge in [0.25, 0.3) is 5.91 Å². The highest BCUT2D eigenvalue weighted by Gasteiger charge is 2.42. The van der Waals surface area contributed by atoms with Crippen molar-refractivity contribution in [2.24, 2.45) is 10.7 Å². The summed E-state index contributed by atoms with van der Waals surface area (Å²) in [5.74, 6) is -0.150. The van der Waals surface area contributed by atoms with Gasteiger partial charge in [0, 0.05) is 18.2 Å². The summed E-state index contributed by atoms with van der Waals surface area (Å²) in [6.45, 7) is 4.34. The summed E-state index contributed by atoms with van der Waals surface area (Å²) in [6.07, 6.45) is 1.51. The Morgan fingerprint density at radius 2 is 2.17 bits per heavy atom. The number of nitrogens with one attached hydrogen (secondary N) is 1. The van der Waals surface area contributed by atoms with Crippen molar-refractivity contribution in [3.63, 3.8) is 0 Å². The number of anilines is 1. The second kappa shape index (κ2) is 10.2. The number of nitrogens with two attached hydrogens (primary N) is 1. The highest BCUT2D eigenvalue weighted by molar-refractivity contribution is 6.35. The Hall–Kier alpha value is -3.61. The number of guanidine groups is 1. The van der Waals surface area contributed by atoms with Crippen LogP contribution in [-0.4, -0.2) is 48.5 Å². The van der Waals surface area contributed by atoms with Crippen LogP contribution in [0.3, 0.4) is 0 Å². The van der Waals surface area contributed by atoms with E-state index in [0.29, 0.717) is 42.0 Å². The van der Waals surface area contributed by atoms with Gasteiger partial charge in [0.1, 0.15) is 5.75 Å². The van der Waals surface area contributed by atoms with Crippen molar-refractivity contribution in [1.82, 2.24) is 4.90 Å². The van der Waals surface area contributed by atoms with Gasteiger partial charge in [-0.2, -0.15) is 5.26 Å². The third kappa shape index (κ3) is 4.87. The number of nitriles is 1. The zero-order chi connectivity index (χ0) is 26.0. The van der Waals surface area contributed by atoms with Crippen LogP contribution in [0.15, 0.2) is 41.4 Å². The Balaban J connectivity index is 1.63. The smallest absolute Gasteiger partial charge is 0.259 e. The summed E-state index contributed by atoms with van der Waals surface area (Å²) in [7, 11) is 1.44. The molecule has 0 bridgehead atoms.